The second-order valence-electron chi connectivity index (χ2n) is 4.19. The lowest BCUT2D eigenvalue weighted by molar-refractivity contribution is -0.145. The first kappa shape index (κ1) is 14.4. The molecular weight excluding hydrogens is 230 g/mol. The van der Waals surface area contributed by atoms with Crippen LogP contribution in [0.4, 0.5) is 5.69 Å². The summed E-state index contributed by atoms with van der Waals surface area (Å²) in [6.07, 6.45) is 0.759. The lowest BCUT2D eigenvalue weighted by Crippen LogP contribution is -2.23. The number of hydrogen-bond donors (Lipinski definition) is 1. The van der Waals surface area contributed by atoms with Crippen molar-refractivity contribution in [3.05, 3.63) is 23.8 Å². The van der Waals surface area contributed by atoms with Crippen LogP contribution in [0, 0.1) is 12.8 Å². The van der Waals surface area contributed by atoms with Crippen LogP contribution >= 0.6 is 0 Å². The van der Waals surface area contributed by atoms with Crippen molar-refractivity contribution in [2.45, 2.75) is 20.3 Å². The zero-order chi connectivity index (χ0) is 13.5. The maximum Gasteiger partial charge on any atom is 0.310 e. The van der Waals surface area contributed by atoms with Crippen LogP contribution in [0.5, 0.6) is 5.75 Å². The average Bonchev–Trinajstić information content (AvgIpc) is 2.39. The van der Waals surface area contributed by atoms with E-state index in [9.17, 15) is 4.79 Å². The molecule has 1 aromatic rings. The second kappa shape index (κ2) is 6.89. The standard InChI is InChI=1S/C14H21NO3/c1-5-11(14(16)18-4)9-15-12-6-7-13(17-3)10(2)8-12/h6-8,11,15H,5,9H2,1-4H3. The zero-order valence-electron chi connectivity index (χ0n) is 11.4. The minimum atomic E-state index is -0.171. The molecular formula is C14H21NO3. The van der Waals surface area contributed by atoms with E-state index >= 15 is 0 Å². The molecule has 1 N–H and O–H groups in total. The minimum absolute atomic E-state index is 0.114. The molecule has 1 unspecified atom stereocenters. The first-order valence-corrected chi connectivity index (χ1v) is 6.08. The number of methoxy groups -OCH3 is 2. The number of aryl methyl sites for hydroxylation is 1. The van der Waals surface area contributed by atoms with Gasteiger partial charge in [0.15, 0.2) is 0 Å². The number of rotatable bonds is 6. The SMILES string of the molecule is CCC(CNc1ccc(OC)c(C)c1)C(=O)OC. The Morgan fingerprint density at radius 1 is 1.39 bits per heavy atom. The summed E-state index contributed by atoms with van der Waals surface area (Å²) < 4.78 is 9.95. The minimum Gasteiger partial charge on any atom is -0.496 e. The molecule has 4 nitrogen and oxygen atoms in total. The molecule has 0 amide bonds. The Balaban J connectivity index is 2.62. The third-order valence-corrected chi connectivity index (χ3v) is 2.97. The van der Waals surface area contributed by atoms with Gasteiger partial charge in [-0.3, -0.25) is 4.79 Å². The molecule has 100 valence electrons. The molecule has 0 bridgehead atoms. The third-order valence-electron chi connectivity index (χ3n) is 2.97. The van der Waals surface area contributed by atoms with E-state index in [1.54, 1.807) is 7.11 Å². The van der Waals surface area contributed by atoms with E-state index in [1.165, 1.54) is 7.11 Å². The summed E-state index contributed by atoms with van der Waals surface area (Å²) in [4.78, 5) is 11.4. The molecule has 1 rings (SSSR count). The number of carbonyl (C=O) groups excluding carboxylic acids is 1. The van der Waals surface area contributed by atoms with E-state index in [0.29, 0.717) is 6.54 Å². The Morgan fingerprint density at radius 2 is 2.11 bits per heavy atom. The normalized spacial score (nSPS) is 11.8. The summed E-state index contributed by atoms with van der Waals surface area (Å²) in [7, 11) is 3.07. The fraction of sp³-hybridized carbons (Fsp3) is 0.500. The summed E-state index contributed by atoms with van der Waals surface area (Å²) in [5.74, 6) is 0.577. The molecule has 1 atom stereocenters. The first-order valence-electron chi connectivity index (χ1n) is 6.08. The van der Waals surface area contributed by atoms with Crippen LogP contribution in [-0.4, -0.2) is 26.7 Å². The zero-order valence-corrected chi connectivity index (χ0v) is 11.4. The molecule has 0 aliphatic carbocycles. The summed E-state index contributed by atoms with van der Waals surface area (Å²) in [5.41, 5.74) is 2.05. The Bertz CT molecular complexity index is 404. The van der Waals surface area contributed by atoms with Crippen molar-refractivity contribution in [1.82, 2.24) is 0 Å². The number of benzene rings is 1. The number of ether oxygens (including phenoxy) is 2. The Kier molecular flexibility index (Phi) is 5.49. The van der Waals surface area contributed by atoms with Crippen LogP contribution in [0.2, 0.25) is 0 Å². The van der Waals surface area contributed by atoms with Crippen LogP contribution in [0.1, 0.15) is 18.9 Å². The molecule has 0 aromatic heterocycles. The number of carbonyl (C=O) groups is 1. The Hall–Kier alpha value is -1.71. The molecule has 0 saturated heterocycles. The molecule has 0 heterocycles. The molecule has 18 heavy (non-hydrogen) atoms. The van der Waals surface area contributed by atoms with Crippen molar-refractivity contribution in [2.75, 3.05) is 26.1 Å². The smallest absolute Gasteiger partial charge is 0.310 e. The number of anilines is 1. The van der Waals surface area contributed by atoms with E-state index in [2.05, 4.69) is 5.32 Å². The fourth-order valence-corrected chi connectivity index (χ4v) is 1.79. The predicted octanol–water partition coefficient (Wildman–Crippen LogP) is 2.61. The fourth-order valence-electron chi connectivity index (χ4n) is 1.79. The first-order chi connectivity index (χ1) is 8.62. The monoisotopic (exact) mass is 251 g/mol. The van der Waals surface area contributed by atoms with Gasteiger partial charge in [0.05, 0.1) is 20.1 Å². The molecule has 0 spiro atoms. The molecule has 4 heteroatoms. The summed E-state index contributed by atoms with van der Waals surface area (Å²) in [6.45, 7) is 4.54. The van der Waals surface area contributed by atoms with Gasteiger partial charge in [-0.1, -0.05) is 6.92 Å². The van der Waals surface area contributed by atoms with Crippen molar-refractivity contribution in [2.24, 2.45) is 5.92 Å². The lowest BCUT2D eigenvalue weighted by atomic mass is 10.1. The topological polar surface area (TPSA) is 47.6 Å². The van der Waals surface area contributed by atoms with Gasteiger partial charge >= 0.3 is 5.97 Å². The molecule has 0 saturated carbocycles. The van der Waals surface area contributed by atoms with Crippen molar-refractivity contribution < 1.29 is 14.3 Å². The van der Waals surface area contributed by atoms with Gasteiger partial charge in [-0.05, 0) is 37.1 Å². The number of nitrogens with one attached hydrogen (secondary N) is 1. The highest BCUT2D eigenvalue weighted by atomic mass is 16.5. The van der Waals surface area contributed by atoms with Crippen molar-refractivity contribution in [3.8, 4) is 5.75 Å². The van der Waals surface area contributed by atoms with Crippen LogP contribution in [0.3, 0.4) is 0 Å². The van der Waals surface area contributed by atoms with Crippen LogP contribution < -0.4 is 10.1 Å². The Labute approximate surface area is 108 Å². The van der Waals surface area contributed by atoms with Crippen LogP contribution in [0.25, 0.3) is 0 Å². The van der Waals surface area contributed by atoms with E-state index in [0.717, 1.165) is 23.4 Å². The number of esters is 1. The summed E-state index contributed by atoms with van der Waals surface area (Å²) in [6, 6.07) is 5.86. The van der Waals surface area contributed by atoms with E-state index < -0.39 is 0 Å². The van der Waals surface area contributed by atoms with Gasteiger partial charge in [0.1, 0.15) is 5.75 Å². The molecule has 0 radical (unpaired) electrons. The van der Waals surface area contributed by atoms with Gasteiger partial charge in [0.2, 0.25) is 0 Å². The third kappa shape index (κ3) is 3.65. The van der Waals surface area contributed by atoms with E-state index in [1.807, 2.05) is 32.0 Å². The molecule has 0 aliphatic heterocycles. The van der Waals surface area contributed by atoms with Gasteiger partial charge in [-0.15, -0.1) is 0 Å². The Morgan fingerprint density at radius 3 is 2.61 bits per heavy atom. The lowest BCUT2D eigenvalue weighted by Gasteiger charge is -2.15. The van der Waals surface area contributed by atoms with Crippen LogP contribution in [-0.2, 0) is 9.53 Å². The van der Waals surface area contributed by atoms with Gasteiger partial charge in [-0.2, -0.15) is 0 Å². The highest BCUT2D eigenvalue weighted by Gasteiger charge is 2.16. The van der Waals surface area contributed by atoms with E-state index in [-0.39, 0.29) is 11.9 Å². The van der Waals surface area contributed by atoms with Gasteiger partial charge in [0.25, 0.3) is 0 Å². The molecule has 0 aliphatic rings. The highest BCUT2D eigenvalue weighted by molar-refractivity contribution is 5.73. The second-order valence-corrected chi connectivity index (χ2v) is 4.19. The van der Waals surface area contributed by atoms with Crippen molar-refractivity contribution in [3.63, 3.8) is 0 Å². The van der Waals surface area contributed by atoms with Crippen molar-refractivity contribution in [1.29, 1.82) is 0 Å². The van der Waals surface area contributed by atoms with Crippen molar-refractivity contribution >= 4 is 11.7 Å². The van der Waals surface area contributed by atoms with Gasteiger partial charge in [-0.25, -0.2) is 0 Å². The summed E-state index contributed by atoms with van der Waals surface area (Å²) in [5, 5.41) is 3.25. The number of hydrogen-bond acceptors (Lipinski definition) is 4. The summed E-state index contributed by atoms with van der Waals surface area (Å²) >= 11 is 0. The largest absolute Gasteiger partial charge is 0.496 e. The maximum atomic E-state index is 11.4. The quantitative estimate of drug-likeness (QED) is 0.789. The van der Waals surface area contributed by atoms with Gasteiger partial charge in [0, 0.05) is 12.2 Å². The molecule has 0 fully saturated rings. The predicted molar refractivity (Wildman–Crippen MR) is 72.0 cm³/mol. The van der Waals surface area contributed by atoms with Crippen LogP contribution in [0.15, 0.2) is 18.2 Å². The maximum absolute atomic E-state index is 11.4. The highest BCUT2D eigenvalue weighted by Crippen LogP contribution is 2.21. The van der Waals surface area contributed by atoms with Gasteiger partial charge < -0.3 is 14.8 Å². The molecule has 1 aromatic carbocycles. The average molecular weight is 251 g/mol. The van der Waals surface area contributed by atoms with E-state index in [4.69, 9.17) is 9.47 Å².